The van der Waals surface area contributed by atoms with Crippen molar-refractivity contribution in [3.8, 4) is 0 Å². The Bertz CT molecular complexity index is 458. The third-order valence-electron chi connectivity index (χ3n) is 2.09. The molecule has 0 saturated carbocycles. The van der Waals surface area contributed by atoms with Gasteiger partial charge in [-0.15, -0.1) is 0 Å². The number of aliphatic hydroxyl groups excluding tert-OH is 1. The van der Waals surface area contributed by atoms with Gasteiger partial charge in [0, 0.05) is 5.69 Å². The van der Waals surface area contributed by atoms with Crippen molar-refractivity contribution in [2.45, 2.75) is 26.0 Å². The van der Waals surface area contributed by atoms with E-state index < -0.39 is 24.0 Å². The number of aliphatic carboxylic acids is 1. The normalized spacial score (nSPS) is 13.8. The highest BCUT2D eigenvalue weighted by molar-refractivity contribution is 6.28. The van der Waals surface area contributed by atoms with Crippen molar-refractivity contribution >= 4 is 23.5 Å². The Hall–Kier alpha value is -1.73. The Labute approximate surface area is 108 Å². The van der Waals surface area contributed by atoms with Gasteiger partial charge < -0.3 is 15.5 Å². The first-order valence-corrected chi connectivity index (χ1v) is 5.42. The van der Waals surface area contributed by atoms with E-state index in [9.17, 15) is 14.7 Å². The topological polar surface area (TPSA) is 112 Å². The zero-order valence-electron chi connectivity index (χ0n) is 9.72. The first-order chi connectivity index (χ1) is 8.31. The number of aromatic nitrogens is 2. The molecule has 0 aliphatic heterocycles. The van der Waals surface area contributed by atoms with E-state index in [1.807, 2.05) is 0 Å². The molecule has 0 aliphatic carbocycles. The average molecular weight is 274 g/mol. The molecular formula is C10H12ClN3O4. The van der Waals surface area contributed by atoms with E-state index in [1.54, 1.807) is 6.92 Å². The van der Waals surface area contributed by atoms with Gasteiger partial charge in [-0.2, -0.15) is 0 Å². The zero-order valence-corrected chi connectivity index (χ0v) is 10.5. The summed E-state index contributed by atoms with van der Waals surface area (Å²) >= 11 is 5.59. The fourth-order valence-electron chi connectivity index (χ4n) is 1.25. The van der Waals surface area contributed by atoms with E-state index >= 15 is 0 Å². The molecule has 18 heavy (non-hydrogen) atoms. The summed E-state index contributed by atoms with van der Waals surface area (Å²) in [6.07, 6.45) is -1.23. The maximum atomic E-state index is 11.7. The smallest absolute Gasteiger partial charge is 0.328 e. The van der Waals surface area contributed by atoms with Crippen LogP contribution in [0.5, 0.6) is 0 Å². The summed E-state index contributed by atoms with van der Waals surface area (Å²) in [7, 11) is 0. The van der Waals surface area contributed by atoms with Crippen LogP contribution >= 0.6 is 11.6 Å². The number of carbonyl (C=O) groups is 2. The quantitative estimate of drug-likeness (QED) is 0.666. The largest absolute Gasteiger partial charge is 0.480 e. The van der Waals surface area contributed by atoms with Gasteiger partial charge in [-0.25, -0.2) is 14.8 Å². The van der Waals surface area contributed by atoms with Gasteiger partial charge in [0.05, 0.1) is 6.10 Å². The SMILES string of the molecule is Cc1cc(C(=O)N[C@H](C(=O)O)[C@@H](C)O)nc(Cl)n1. The summed E-state index contributed by atoms with van der Waals surface area (Å²) in [6, 6.07) is -0.0473. The van der Waals surface area contributed by atoms with Gasteiger partial charge in [0.1, 0.15) is 5.69 Å². The molecule has 0 bridgehead atoms. The molecular weight excluding hydrogens is 262 g/mol. The minimum Gasteiger partial charge on any atom is -0.480 e. The van der Waals surface area contributed by atoms with Crippen LogP contribution in [0.25, 0.3) is 0 Å². The summed E-state index contributed by atoms with van der Waals surface area (Å²) in [5, 5.41) is 20.1. The molecule has 0 aromatic carbocycles. The lowest BCUT2D eigenvalue weighted by Crippen LogP contribution is -2.47. The van der Waals surface area contributed by atoms with Crippen molar-refractivity contribution in [1.29, 1.82) is 0 Å². The van der Waals surface area contributed by atoms with Gasteiger partial charge in [-0.05, 0) is 31.5 Å². The molecule has 98 valence electrons. The maximum Gasteiger partial charge on any atom is 0.328 e. The molecule has 1 aromatic heterocycles. The Morgan fingerprint density at radius 2 is 2.06 bits per heavy atom. The van der Waals surface area contributed by atoms with Crippen molar-refractivity contribution < 1.29 is 19.8 Å². The van der Waals surface area contributed by atoms with Crippen LogP contribution in [0, 0.1) is 6.92 Å². The summed E-state index contributed by atoms with van der Waals surface area (Å²) < 4.78 is 0. The second-order valence-corrected chi connectivity index (χ2v) is 4.03. The van der Waals surface area contributed by atoms with Crippen molar-refractivity contribution in [2.75, 3.05) is 0 Å². The second kappa shape index (κ2) is 5.74. The number of nitrogens with one attached hydrogen (secondary N) is 1. The number of hydrogen-bond donors (Lipinski definition) is 3. The lowest BCUT2D eigenvalue weighted by molar-refractivity contribution is -0.141. The Balaban J connectivity index is 2.90. The van der Waals surface area contributed by atoms with Gasteiger partial charge in [0.25, 0.3) is 5.91 Å². The maximum absolute atomic E-state index is 11.7. The predicted molar refractivity (Wildman–Crippen MR) is 62.3 cm³/mol. The number of nitrogens with zero attached hydrogens (tertiary/aromatic N) is 2. The van der Waals surface area contributed by atoms with Gasteiger partial charge in [0.15, 0.2) is 6.04 Å². The molecule has 2 atom stereocenters. The summed E-state index contributed by atoms with van der Waals surface area (Å²) in [5.41, 5.74) is 0.420. The minimum atomic E-state index is -1.41. The molecule has 0 spiro atoms. The van der Waals surface area contributed by atoms with E-state index in [1.165, 1.54) is 13.0 Å². The van der Waals surface area contributed by atoms with Crippen molar-refractivity contribution in [3.05, 3.63) is 22.7 Å². The van der Waals surface area contributed by atoms with Crippen molar-refractivity contribution in [2.24, 2.45) is 0 Å². The number of carboxylic acid groups (broad SMARTS) is 1. The van der Waals surface area contributed by atoms with Crippen molar-refractivity contribution in [3.63, 3.8) is 0 Å². The average Bonchev–Trinajstić information content (AvgIpc) is 2.23. The van der Waals surface area contributed by atoms with Crippen LogP contribution in [0.3, 0.4) is 0 Å². The number of aryl methyl sites for hydroxylation is 1. The van der Waals surface area contributed by atoms with Gasteiger partial charge in [-0.1, -0.05) is 0 Å². The van der Waals surface area contributed by atoms with Crippen LogP contribution in [-0.2, 0) is 4.79 Å². The van der Waals surface area contributed by atoms with E-state index in [0.717, 1.165) is 0 Å². The van der Waals surface area contributed by atoms with Crippen LogP contribution in [0.15, 0.2) is 6.07 Å². The number of amides is 1. The molecule has 0 unspecified atom stereocenters. The number of hydrogen-bond acceptors (Lipinski definition) is 5. The molecule has 8 heteroatoms. The van der Waals surface area contributed by atoms with Crippen LogP contribution in [-0.4, -0.2) is 44.2 Å². The lowest BCUT2D eigenvalue weighted by atomic mass is 10.2. The zero-order chi connectivity index (χ0) is 13.9. The summed E-state index contributed by atoms with van der Waals surface area (Å²) in [5.74, 6) is -2.08. The standard InChI is InChI=1S/C10H12ClN3O4/c1-4-3-6(13-10(11)12-4)8(16)14-7(5(2)15)9(17)18/h3,5,7,15H,1-2H3,(H,14,16)(H,17,18)/t5-,7+/m1/s1. The predicted octanol–water partition coefficient (Wildman–Crippen LogP) is 0.00222. The monoisotopic (exact) mass is 273 g/mol. The number of carboxylic acids is 1. The second-order valence-electron chi connectivity index (χ2n) is 3.69. The molecule has 0 fully saturated rings. The molecule has 1 rings (SSSR count). The first-order valence-electron chi connectivity index (χ1n) is 5.04. The summed E-state index contributed by atoms with van der Waals surface area (Å²) in [6.45, 7) is 2.88. The fourth-order valence-corrected chi connectivity index (χ4v) is 1.48. The fraction of sp³-hybridized carbons (Fsp3) is 0.400. The molecule has 7 nitrogen and oxygen atoms in total. The first kappa shape index (κ1) is 14.3. The number of rotatable bonds is 4. The highest BCUT2D eigenvalue weighted by atomic mass is 35.5. The van der Waals surface area contributed by atoms with Crippen LogP contribution in [0.2, 0.25) is 5.28 Å². The Kier molecular flexibility index (Phi) is 4.57. The van der Waals surface area contributed by atoms with Crippen LogP contribution in [0.1, 0.15) is 23.1 Å². The van der Waals surface area contributed by atoms with Crippen molar-refractivity contribution in [1.82, 2.24) is 15.3 Å². The van der Waals surface area contributed by atoms with E-state index in [2.05, 4.69) is 15.3 Å². The minimum absolute atomic E-state index is 0.0561. The summed E-state index contributed by atoms with van der Waals surface area (Å²) in [4.78, 5) is 30.0. The molecule has 1 aromatic rings. The lowest BCUT2D eigenvalue weighted by Gasteiger charge is -2.16. The highest BCUT2D eigenvalue weighted by Gasteiger charge is 2.26. The van der Waals surface area contributed by atoms with Gasteiger partial charge in [0.2, 0.25) is 5.28 Å². The van der Waals surface area contributed by atoms with Crippen LogP contribution < -0.4 is 5.32 Å². The number of aliphatic hydroxyl groups is 1. The molecule has 1 amide bonds. The third-order valence-corrected chi connectivity index (χ3v) is 2.26. The highest BCUT2D eigenvalue weighted by Crippen LogP contribution is 2.06. The Morgan fingerprint density at radius 3 is 2.50 bits per heavy atom. The van der Waals surface area contributed by atoms with Gasteiger partial charge in [-0.3, -0.25) is 4.79 Å². The van der Waals surface area contributed by atoms with E-state index in [-0.39, 0.29) is 11.0 Å². The number of halogens is 1. The van der Waals surface area contributed by atoms with Gasteiger partial charge >= 0.3 is 5.97 Å². The molecule has 0 saturated heterocycles. The molecule has 3 N–H and O–H groups in total. The molecule has 1 heterocycles. The molecule has 0 radical (unpaired) electrons. The number of carbonyl (C=O) groups excluding carboxylic acids is 1. The van der Waals surface area contributed by atoms with Crippen LogP contribution in [0.4, 0.5) is 0 Å². The van der Waals surface area contributed by atoms with E-state index in [0.29, 0.717) is 5.69 Å². The molecule has 0 aliphatic rings. The van der Waals surface area contributed by atoms with E-state index in [4.69, 9.17) is 16.7 Å². The third kappa shape index (κ3) is 3.64. The Morgan fingerprint density at radius 1 is 1.44 bits per heavy atom.